The van der Waals surface area contributed by atoms with Gasteiger partial charge in [-0.2, -0.15) is 0 Å². The average Bonchev–Trinajstić information content (AvgIpc) is 2.53. The Labute approximate surface area is 129 Å². The molecule has 0 aliphatic heterocycles. The van der Waals surface area contributed by atoms with E-state index in [2.05, 4.69) is 10.3 Å². The lowest BCUT2D eigenvalue weighted by molar-refractivity contribution is -0.149. The second kappa shape index (κ2) is 10.3. The fourth-order valence-electron chi connectivity index (χ4n) is 1.76. The number of hydrogen-bond acceptors (Lipinski definition) is 5. The van der Waals surface area contributed by atoms with Gasteiger partial charge in [-0.3, -0.25) is 19.4 Å². The van der Waals surface area contributed by atoms with E-state index in [4.69, 9.17) is 4.74 Å². The van der Waals surface area contributed by atoms with Crippen LogP contribution in [0.5, 0.6) is 0 Å². The molecule has 0 aliphatic carbocycles. The normalized spacial score (nSPS) is 9.86. The Morgan fingerprint density at radius 2 is 2.27 bits per heavy atom. The van der Waals surface area contributed by atoms with E-state index in [1.165, 1.54) is 4.90 Å². The minimum Gasteiger partial charge on any atom is -0.464 e. The molecule has 1 aromatic rings. The number of pyridine rings is 1. The van der Waals surface area contributed by atoms with Crippen LogP contribution >= 0.6 is 0 Å². The molecular formula is C15H21N3O4. The summed E-state index contributed by atoms with van der Waals surface area (Å²) in [5.74, 6) is -0.665. The SMILES string of the molecule is CCCOC(=O)CN(CCNC=O)C(=O)Cc1cccnc1. The molecule has 0 atom stereocenters. The summed E-state index contributed by atoms with van der Waals surface area (Å²) in [6.07, 6.45) is 4.66. The summed E-state index contributed by atoms with van der Waals surface area (Å²) in [5, 5.41) is 2.47. The average molecular weight is 307 g/mol. The molecule has 1 aromatic heterocycles. The Morgan fingerprint density at radius 1 is 1.45 bits per heavy atom. The number of carbonyl (C=O) groups is 3. The van der Waals surface area contributed by atoms with Gasteiger partial charge in [0.25, 0.3) is 0 Å². The highest BCUT2D eigenvalue weighted by Crippen LogP contribution is 2.02. The Balaban J connectivity index is 2.60. The Hall–Kier alpha value is -2.44. The van der Waals surface area contributed by atoms with Crippen molar-refractivity contribution in [3.05, 3.63) is 30.1 Å². The molecule has 1 heterocycles. The predicted molar refractivity (Wildman–Crippen MR) is 79.8 cm³/mol. The van der Waals surface area contributed by atoms with E-state index >= 15 is 0 Å². The molecule has 120 valence electrons. The van der Waals surface area contributed by atoms with Gasteiger partial charge in [-0.05, 0) is 18.1 Å². The third-order valence-corrected chi connectivity index (χ3v) is 2.83. The minimum atomic E-state index is -0.451. The topological polar surface area (TPSA) is 88.6 Å². The van der Waals surface area contributed by atoms with E-state index in [1.807, 2.05) is 6.92 Å². The molecule has 22 heavy (non-hydrogen) atoms. The standard InChI is InChI=1S/C15H21N3O4/c1-2-8-22-15(21)11-18(7-6-17-12-19)14(20)9-13-4-3-5-16-10-13/h3-5,10,12H,2,6-9,11H2,1H3,(H,17,19). The number of nitrogens with zero attached hydrogens (tertiary/aromatic N) is 2. The van der Waals surface area contributed by atoms with Crippen molar-refractivity contribution in [3.63, 3.8) is 0 Å². The van der Waals surface area contributed by atoms with Crippen LogP contribution in [0.1, 0.15) is 18.9 Å². The smallest absolute Gasteiger partial charge is 0.325 e. The van der Waals surface area contributed by atoms with Gasteiger partial charge in [-0.1, -0.05) is 13.0 Å². The van der Waals surface area contributed by atoms with Crippen molar-refractivity contribution in [1.82, 2.24) is 15.2 Å². The molecule has 0 spiro atoms. The van der Waals surface area contributed by atoms with Crippen molar-refractivity contribution in [2.45, 2.75) is 19.8 Å². The Bertz CT molecular complexity index is 479. The highest BCUT2D eigenvalue weighted by atomic mass is 16.5. The van der Waals surface area contributed by atoms with Crippen LogP contribution in [0.2, 0.25) is 0 Å². The molecule has 0 unspecified atom stereocenters. The van der Waals surface area contributed by atoms with E-state index in [1.54, 1.807) is 24.5 Å². The first-order valence-electron chi connectivity index (χ1n) is 7.16. The number of hydrogen-bond donors (Lipinski definition) is 1. The molecule has 1 rings (SSSR count). The predicted octanol–water partition coefficient (Wildman–Crippen LogP) is 0.152. The van der Waals surface area contributed by atoms with Gasteiger partial charge in [0.1, 0.15) is 6.54 Å². The maximum Gasteiger partial charge on any atom is 0.325 e. The molecule has 2 amide bonds. The van der Waals surface area contributed by atoms with E-state index in [-0.39, 0.29) is 32.0 Å². The van der Waals surface area contributed by atoms with Gasteiger partial charge in [0, 0.05) is 25.5 Å². The number of esters is 1. The van der Waals surface area contributed by atoms with Gasteiger partial charge in [0.2, 0.25) is 12.3 Å². The highest BCUT2D eigenvalue weighted by molar-refractivity contribution is 5.83. The Kier molecular flexibility index (Phi) is 8.25. The quantitative estimate of drug-likeness (QED) is 0.378. The number of rotatable bonds is 10. The molecule has 1 N–H and O–H groups in total. The van der Waals surface area contributed by atoms with Crippen LogP contribution in [0.3, 0.4) is 0 Å². The van der Waals surface area contributed by atoms with Crippen molar-refractivity contribution in [2.24, 2.45) is 0 Å². The van der Waals surface area contributed by atoms with Crippen molar-refractivity contribution in [3.8, 4) is 0 Å². The summed E-state index contributed by atoms with van der Waals surface area (Å²) in [4.78, 5) is 39.6. The number of nitrogens with one attached hydrogen (secondary N) is 1. The molecule has 0 fully saturated rings. The lowest BCUT2D eigenvalue weighted by Gasteiger charge is -2.21. The molecule has 0 aliphatic rings. The maximum absolute atomic E-state index is 12.3. The second-order valence-corrected chi connectivity index (χ2v) is 4.65. The molecule has 0 radical (unpaired) electrons. The van der Waals surface area contributed by atoms with Gasteiger partial charge in [0.15, 0.2) is 0 Å². The van der Waals surface area contributed by atoms with Crippen LogP contribution in [0.25, 0.3) is 0 Å². The van der Waals surface area contributed by atoms with Crippen LogP contribution in [-0.2, 0) is 25.5 Å². The molecule has 0 saturated carbocycles. The first-order valence-corrected chi connectivity index (χ1v) is 7.16. The fraction of sp³-hybridized carbons (Fsp3) is 0.467. The Morgan fingerprint density at radius 3 is 2.91 bits per heavy atom. The summed E-state index contributed by atoms with van der Waals surface area (Å²) in [5.41, 5.74) is 0.766. The molecule has 0 aromatic carbocycles. The number of aromatic nitrogens is 1. The summed E-state index contributed by atoms with van der Waals surface area (Å²) >= 11 is 0. The van der Waals surface area contributed by atoms with E-state index in [0.29, 0.717) is 13.0 Å². The van der Waals surface area contributed by atoms with E-state index in [9.17, 15) is 14.4 Å². The summed E-state index contributed by atoms with van der Waals surface area (Å²) < 4.78 is 4.99. The fourth-order valence-corrected chi connectivity index (χ4v) is 1.76. The first-order chi connectivity index (χ1) is 10.7. The number of carbonyl (C=O) groups excluding carboxylic acids is 3. The van der Waals surface area contributed by atoms with Gasteiger partial charge in [-0.15, -0.1) is 0 Å². The number of amides is 2. The lowest BCUT2D eigenvalue weighted by atomic mass is 10.2. The molecule has 7 heteroatoms. The van der Waals surface area contributed by atoms with Crippen molar-refractivity contribution < 1.29 is 19.1 Å². The summed E-state index contributed by atoms with van der Waals surface area (Å²) in [6.45, 7) is 2.63. The first kappa shape index (κ1) is 17.6. The zero-order chi connectivity index (χ0) is 16.2. The second-order valence-electron chi connectivity index (χ2n) is 4.65. The van der Waals surface area contributed by atoms with Crippen LogP contribution < -0.4 is 5.32 Å². The van der Waals surface area contributed by atoms with Crippen molar-refractivity contribution in [2.75, 3.05) is 26.2 Å². The monoisotopic (exact) mass is 307 g/mol. The van der Waals surface area contributed by atoms with Crippen LogP contribution in [-0.4, -0.2) is 54.4 Å². The zero-order valence-electron chi connectivity index (χ0n) is 12.7. The third-order valence-electron chi connectivity index (χ3n) is 2.83. The summed E-state index contributed by atoms with van der Waals surface area (Å²) in [7, 11) is 0. The molecule has 0 bridgehead atoms. The minimum absolute atomic E-state index is 0.125. The van der Waals surface area contributed by atoms with Crippen LogP contribution in [0.15, 0.2) is 24.5 Å². The largest absolute Gasteiger partial charge is 0.464 e. The van der Waals surface area contributed by atoms with E-state index < -0.39 is 5.97 Å². The third kappa shape index (κ3) is 6.83. The number of ether oxygens (including phenoxy) is 1. The molecular weight excluding hydrogens is 286 g/mol. The van der Waals surface area contributed by atoms with Crippen LogP contribution in [0, 0.1) is 0 Å². The van der Waals surface area contributed by atoms with Crippen LogP contribution in [0.4, 0.5) is 0 Å². The van der Waals surface area contributed by atoms with Crippen molar-refractivity contribution >= 4 is 18.3 Å². The van der Waals surface area contributed by atoms with Gasteiger partial charge < -0.3 is 15.0 Å². The van der Waals surface area contributed by atoms with Gasteiger partial charge in [-0.25, -0.2) is 0 Å². The molecule has 0 saturated heterocycles. The summed E-state index contributed by atoms with van der Waals surface area (Å²) in [6, 6.07) is 3.54. The van der Waals surface area contributed by atoms with Crippen molar-refractivity contribution in [1.29, 1.82) is 0 Å². The van der Waals surface area contributed by atoms with E-state index in [0.717, 1.165) is 12.0 Å². The highest BCUT2D eigenvalue weighted by Gasteiger charge is 2.18. The molecule has 7 nitrogen and oxygen atoms in total. The lowest BCUT2D eigenvalue weighted by Crippen LogP contribution is -2.41. The zero-order valence-corrected chi connectivity index (χ0v) is 12.7. The maximum atomic E-state index is 12.3. The van der Waals surface area contributed by atoms with Gasteiger partial charge in [0.05, 0.1) is 13.0 Å². The van der Waals surface area contributed by atoms with Gasteiger partial charge >= 0.3 is 5.97 Å².